The normalized spacial score (nSPS) is 12.5. The zero-order valence-electron chi connectivity index (χ0n) is 11.7. The smallest absolute Gasteiger partial charge is 0.131 e. The van der Waals surface area contributed by atoms with Crippen molar-refractivity contribution in [2.75, 3.05) is 0 Å². The molecule has 0 radical (unpaired) electrons. The number of halogens is 1. The molecule has 2 heterocycles. The topological polar surface area (TPSA) is 29.9 Å². The average molecular weight is 318 g/mol. The average Bonchev–Trinajstić information content (AvgIpc) is 3.12. The van der Waals surface area contributed by atoms with Crippen LogP contribution in [0.15, 0.2) is 54.2 Å². The predicted octanol–water partition coefficient (Wildman–Crippen LogP) is 4.01. The highest BCUT2D eigenvalue weighted by molar-refractivity contribution is 7.10. The third kappa shape index (κ3) is 3.35. The van der Waals surface area contributed by atoms with E-state index in [4.69, 9.17) is 11.6 Å². The van der Waals surface area contributed by atoms with Crippen molar-refractivity contribution in [2.45, 2.75) is 12.6 Å². The molecule has 5 heteroatoms. The third-order valence-electron chi connectivity index (χ3n) is 3.34. The van der Waals surface area contributed by atoms with Crippen molar-refractivity contribution in [2.24, 2.45) is 7.05 Å². The van der Waals surface area contributed by atoms with Crippen LogP contribution in [0.4, 0.5) is 0 Å². The van der Waals surface area contributed by atoms with Crippen LogP contribution in [0, 0.1) is 0 Å². The minimum atomic E-state index is 0.0870. The third-order valence-corrected chi connectivity index (χ3v) is 4.52. The van der Waals surface area contributed by atoms with Gasteiger partial charge >= 0.3 is 0 Å². The van der Waals surface area contributed by atoms with Gasteiger partial charge in [0.05, 0.1) is 0 Å². The maximum Gasteiger partial charge on any atom is 0.131 e. The Labute approximate surface area is 133 Å². The lowest BCUT2D eigenvalue weighted by Gasteiger charge is -2.17. The van der Waals surface area contributed by atoms with Gasteiger partial charge in [-0.05, 0) is 29.1 Å². The van der Waals surface area contributed by atoms with Gasteiger partial charge in [-0.1, -0.05) is 29.8 Å². The van der Waals surface area contributed by atoms with Gasteiger partial charge in [0.1, 0.15) is 11.9 Å². The van der Waals surface area contributed by atoms with Crippen LogP contribution < -0.4 is 5.32 Å². The molecule has 0 aliphatic heterocycles. The molecule has 0 aliphatic rings. The number of imidazole rings is 1. The lowest BCUT2D eigenvalue weighted by atomic mass is 10.2. The van der Waals surface area contributed by atoms with Crippen molar-refractivity contribution in [1.82, 2.24) is 14.9 Å². The number of aromatic nitrogens is 2. The summed E-state index contributed by atoms with van der Waals surface area (Å²) in [5.74, 6) is 1.01. The van der Waals surface area contributed by atoms with E-state index < -0.39 is 0 Å². The number of nitrogens with one attached hydrogen (secondary N) is 1. The Morgan fingerprint density at radius 2 is 2.24 bits per heavy atom. The number of thiophene rings is 1. The molecule has 3 rings (SSSR count). The lowest BCUT2D eigenvalue weighted by Crippen LogP contribution is -2.24. The molecule has 3 aromatic rings. The first-order valence-electron chi connectivity index (χ1n) is 6.72. The van der Waals surface area contributed by atoms with Gasteiger partial charge in [0.15, 0.2) is 0 Å². The fraction of sp³-hybridized carbons (Fsp3) is 0.188. The molecule has 0 amide bonds. The van der Waals surface area contributed by atoms with Crippen molar-refractivity contribution in [3.05, 3.63) is 75.5 Å². The van der Waals surface area contributed by atoms with Crippen LogP contribution in [0.25, 0.3) is 0 Å². The van der Waals surface area contributed by atoms with Crippen LogP contribution in [0.2, 0.25) is 5.02 Å². The van der Waals surface area contributed by atoms with Crippen molar-refractivity contribution < 1.29 is 0 Å². The largest absolute Gasteiger partial charge is 0.336 e. The molecule has 1 unspecified atom stereocenters. The highest BCUT2D eigenvalue weighted by atomic mass is 35.5. The molecule has 0 fully saturated rings. The Morgan fingerprint density at radius 1 is 1.33 bits per heavy atom. The van der Waals surface area contributed by atoms with E-state index in [1.165, 1.54) is 10.4 Å². The van der Waals surface area contributed by atoms with E-state index in [1.54, 1.807) is 11.3 Å². The summed E-state index contributed by atoms with van der Waals surface area (Å²) >= 11 is 7.78. The van der Waals surface area contributed by atoms with Gasteiger partial charge < -0.3 is 4.57 Å². The number of nitrogens with zero attached hydrogens (tertiary/aromatic N) is 2. The molecule has 0 spiro atoms. The molecule has 0 saturated carbocycles. The Morgan fingerprint density at radius 3 is 2.90 bits per heavy atom. The molecule has 108 valence electrons. The highest BCUT2D eigenvalue weighted by Gasteiger charge is 2.18. The van der Waals surface area contributed by atoms with Gasteiger partial charge in [-0.3, -0.25) is 5.32 Å². The zero-order chi connectivity index (χ0) is 14.7. The fourth-order valence-electron chi connectivity index (χ4n) is 2.30. The molecule has 1 aromatic carbocycles. The van der Waals surface area contributed by atoms with E-state index >= 15 is 0 Å². The maximum absolute atomic E-state index is 6.04. The van der Waals surface area contributed by atoms with Crippen LogP contribution >= 0.6 is 22.9 Å². The fourth-order valence-corrected chi connectivity index (χ4v) is 3.31. The first-order chi connectivity index (χ1) is 10.2. The summed E-state index contributed by atoms with van der Waals surface area (Å²) in [7, 11) is 2.02. The number of rotatable bonds is 5. The van der Waals surface area contributed by atoms with E-state index in [-0.39, 0.29) is 6.04 Å². The Hall–Kier alpha value is -1.62. The highest BCUT2D eigenvalue weighted by Crippen LogP contribution is 2.25. The summed E-state index contributed by atoms with van der Waals surface area (Å²) in [6, 6.07) is 12.2. The number of aryl methyl sites for hydroxylation is 1. The van der Waals surface area contributed by atoms with E-state index in [1.807, 2.05) is 37.6 Å². The van der Waals surface area contributed by atoms with E-state index in [0.29, 0.717) is 0 Å². The van der Waals surface area contributed by atoms with E-state index in [0.717, 1.165) is 17.4 Å². The summed E-state index contributed by atoms with van der Waals surface area (Å²) in [5, 5.41) is 6.43. The Balaban J connectivity index is 1.82. The van der Waals surface area contributed by atoms with Gasteiger partial charge in [0.25, 0.3) is 0 Å². The second-order valence-electron chi connectivity index (χ2n) is 4.86. The van der Waals surface area contributed by atoms with Gasteiger partial charge in [0, 0.05) is 35.9 Å². The molecule has 0 saturated heterocycles. The lowest BCUT2D eigenvalue weighted by molar-refractivity contribution is 0.565. The molecule has 3 nitrogen and oxygen atoms in total. The molecule has 21 heavy (non-hydrogen) atoms. The predicted molar refractivity (Wildman–Crippen MR) is 87.7 cm³/mol. The summed E-state index contributed by atoms with van der Waals surface area (Å²) in [6.07, 6.45) is 3.80. The van der Waals surface area contributed by atoms with Gasteiger partial charge in [-0.2, -0.15) is 0 Å². The van der Waals surface area contributed by atoms with Crippen molar-refractivity contribution in [3.63, 3.8) is 0 Å². The van der Waals surface area contributed by atoms with Crippen molar-refractivity contribution >= 4 is 22.9 Å². The minimum absolute atomic E-state index is 0.0870. The summed E-state index contributed by atoms with van der Waals surface area (Å²) in [5.41, 5.74) is 1.17. The second-order valence-corrected chi connectivity index (χ2v) is 6.27. The quantitative estimate of drug-likeness (QED) is 0.770. The number of hydrogen-bond donors (Lipinski definition) is 1. The first kappa shape index (κ1) is 14.3. The van der Waals surface area contributed by atoms with E-state index in [9.17, 15) is 0 Å². The second kappa shape index (κ2) is 6.43. The van der Waals surface area contributed by atoms with Crippen LogP contribution in [0.3, 0.4) is 0 Å². The molecule has 1 N–H and O–H groups in total. The SMILES string of the molecule is Cn1ccnc1C(NCc1cccc(Cl)c1)c1cccs1. The van der Waals surface area contributed by atoms with Crippen LogP contribution in [-0.2, 0) is 13.6 Å². The molecular weight excluding hydrogens is 302 g/mol. The van der Waals surface area contributed by atoms with Crippen molar-refractivity contribution in [1.29, 1.82) is 0 Å². The summed E-state index contributed by atoms with van der Waals surface area (Å²) in [4.78, 5) is 5.74. The Bertz CT molecular complexity index is 706. The number of benzene rings is 1. The molecule has 2 aromatic heterocycles. The molecule has 0 bridgehead atoms. The molecule has 1 atom stereocenters. The summed E-state index contributed by atoms with van der Waals surface area (Å²) in [6.45, 7) is 0.746. The maximum atomic E-state index is 6.04. The monoisotopic (exact) mass is 317 g/mol. The van der Waals surface area contributed by atoms with E-state index in [2.05, 4.69) is 38.4 Å². The molecular formula is C16H16ClN3S. The van der Waals surface area contributed by atoms with Crippen LogP contribution in [0.1, 0.15) is 22.3 Å². The van der Waals surface area contributed by atoms with Gasteiger partial charge in [0.2, 0.25) is 0 Å². The Kier molecular flexibility index (Phi) is 4.39. The van der Waals surface area contributed by atoms with Crippen LogP contribution in [0.5, 0.6) is 0 Å². The zero-order valence-corrected chi connectivity index (χ0v) is 13.2. The number of hydrogen-bond acceptors (Lipinski definition) is 3. The summed E-state index contributed by atoms with van der Waals surface area (Å²) < 4.78 is 2.05. The first-order valence-corrected chi connectivity index (χ1v) is 7.98. The van der Waals surface area contributed by atoms with Crippen LogP contribution in [-0.4, -0.2) is 9.55 Å². The van der Waals surface area contributed by atoms with Crippen molar-refractivity contribution in [3.8, 4) is 0 Å². The van der Waals surface area contributed by atoms with Gasteiger partial charge in [-0.25, -0.2) is 4.98 Å². The van der Waals surface area contributed by atoms with Gasteiger partial charge in [-0.15, -0.1) is 11.3 Å². The standard InChI is InChI=1S/C16H16ClN3S/c1-20-8-7-18-16(20)15(14-6-3-9-21-14)19-11-12-4-2-5-13(17)10-12/h2-10,15,19H,11H2,1H3. The molecule has 0 aliphatic carbocycles. The minimum Gasteiger partial charge on any atom is -0.336 e.